The minimum absolute atomic E-state index is 0.144. The van der Waals surface area contributed by atoms with Crippen molar-refractivity contribution in [1.82, 2.24) is 20.0 Å². The molecule has 0 spiro atoms. The molecule has 0 saturated carbocycles. The second-order valence-corrected chi connectivity index (χ2v) is 5.81. The highest BCUT2D eigenvalue weighted by Crippen LogP contribution is 2.24. The van der Waals surface area contributed by atoms with Crippen LogP contribution in [0.5, 0.6) is 0 Å². The van der Waals surface area contributed by atoms with Crippen LogP contribution >= 0.6 is 0 Å². The number of amides is 4. The average molecular weight is 326 g/mol. The number of nitrogens with one attached hydrogen (secondary N) is 1. The number of piperazine rings is 1. The van der Waals surface area contributed by atoms with E-state index in [1.54, 1.807) is 14.0 Å². The summed E-state index contributed by atoms with van der Waals surface area (Å²) in [5.74, 6) is -0.846. The van der Waals surface area contributed by atoms with Crippen LogP contribution in [0.15, 0.2) is 0 Å². The highest BCUT2D eigenvalue weighted by Gasteiger charge is 2.46. The molecule has 0 unspecified atom stereocenters. The van der Waals surface area contributed by atoms with Gasteiger partial charge in [-0.2, -0.15) is 0 Å². The molecule has 9 nitrogen and oxygen atoms in total. The maximum absolute atomic E-state index is 12.5. The van der Waals surface area contributed by atoms with Crippen LogP contribution in [0.3, 0.4) is 0 Å². The van der Waals surface area contributed by atoms with Crippen molar-refractivity contribution in [2.24, 2.45) is 0 Å². The van der Waals surface area contributed by atoms with E-state index in [9.17, 15) is 19.2 Å². The lowest BCUT2D eigenvalue weighted by atomic mass is 10.1. The predicted octanol–water partition coefficient (Wildman–Crippen LogP) is -1.02. The summed E-state index contributed by atoms with van der Waals surface area (Å²) in [5.41, 5.74) is 0. The molecule has 2 rings (SSSR count). The van der Waals surface area contributed by atoms with Gasteiger partial charge in [-0.3, -0.25) is 9.59 Å². The van der Waals surface area contributed by atoms with Crippen molar-refractivity contribution in [2.45, 2.75) is 38.5 Å². The fourth-order valence-corrected chi connectivity index (χ4v) is 2.98. The van der Waals surface area contributed by atoms with Crippen molar-refractivity contribution in [2.75, 3.05) is 27.2 Å². The van der Waals surface area contributed by atoms with Crippen LogP contribution in [0, 0.1) is 0 Å². The molecule has 23 heavy (non-hydrogen) atoms. The van der Waals surface area contributed by atoms with Crippen LogP contribution in [-0.4, -0.2) is 84.0 Å². The first-order chi connectivity index (χ1) is 10.8. The van der Waals surface area contributed by atoms with Crippen molar-refractivity contribution in [3.63, 3.8) is 0 Å². The van der Waals surface area contributed by atoms with Crippen LogP contribution in [0.25, 0.3) is 0 Å². The second-order valence-electron chi connectivity index (χ2n) is 5.81. The van der Waals surface area contributed by atoms with E-state index in [-0.39, 0.29) is 31.3 Å². The zero-order valence-electron chi connectivity index (χ0n) is 13.7. The Kier molecular flexibility index (Phi) is 4.76. The van der Waals surface area contributed by atoms with E-state index in [1.165, 1.54) is 28.7 Å². The lowest BCUT2D eigenvalue weighted by Gasteiger charge is -2.50. The SMILES string of the molecule is COC(=O)[C@H](C)NC(=O)N1CCC(=O)N2[C@@H](C)C(=O)N(C)C[C@@H]12. The first kappa shape index (κ1) is 17.0. The van der Waals surface area contributed by atoms with Gasteiger partial charge in [0.2, 0.25) is 11.8 Å². The summed E-state index contributed by atoms with van der Waals surface area (Å²) in [6.45, 7) is 3.67. The molecule has 2 fully saturated rings. The molecule has 1 N–H and O–H groups in total. The first-order valence-corrected chi connectivity index (χ1v) is 7.49. The third-order valence-electron chi connectivity index (χ3n) is 4.28. The number of hydrogen-bond donors (Lipinski definition) is 1. The van der Waals surface area contributed by atoms with Crippen molar-refractivity contribution < 1.29 is 23.9 Å². The first-order valence-electron chi connectivity index (χ1n) is 7.49. The van der Waals surface area contributed by atoms with Crippen molar-refractivity contribution in [3.8, 4) is 0 Å². The van der Waals surface area contributed by atoms with E-state index in [4.69, 9.17) is 0 Å². The molecule has 0 aromatic rings. The van der Waals surface area contributed by atoms with E-state index in [2.05, 4.69) is 10.1 Å². The number of likely N-dealkylation sites (N-methyl/N-ethyl adjacent to an activating group) is 1. The molecule has 3 atom stereocenters. The number of carbonyl (C=O) groups is 4. The Morgan fingerprint density at radius 2 is 2.00 bits per heavy atom. The molecule has 2 aliphatic rings. The second kappa shape index (κ2) is 6.43. The fraction of sp³-hybridized carbons (Fsp3) is 0.714. The van der Waals surface area contributed by atoms with E-state index >= 15 is 0 Å². The normalized spacial score (nSPS) is 25.8. The smallest absolute Gasteiger partial charge is 0.328 e. The molecule has 9 heteroatoms. The number of esters is 1. The van der Waals surface area contributed by atoms with Crippen molar-refractivity contribution in [1.29, 1.82) is 0 Å². The van der Waals surface area contributed by atoms with Gasteiger partial charge in [0.05, 0.1) is 13.7 Å². The number of urea groups is 1. The molecule has 0 aromatic carbocycles. The van der Waals surface area contributed by atoms with Crippen molar-refractivity contribution >= 4 is 23.8 Å². The number of methoxy groups -OCH3 is 1. The fourth-order valence-electron chi connectivity index (χ4n) is 2.98. The molecule has 0 aliphatic carbocycles. The van der Waals surface area contributed by atoms with E-state index in [0.717, 1.165) is 0 Å². The molecule has 0 radical (unpaired) electrons. The monoisotopic (exact) mass is 326 g/mol. The number of fused-ring (bicyclic) bond motifs is 1. The van der Waals surface area contributed by atoms with Gasteiger partial charge in [-0.1, -0.05) is 0 Å². The maximum Gasteiger partial charge on any atom is 0.328 e. The Balaban J connectivity index is 2.16. The summed E-state index contributed by atoms with van der Waals surface area (Å²) >= 11 is 0. The topological polar surface area (TPSA) is 99.3 Å². The molecular weight excluding hydrogens is 304 g/mol. The Morgan fingerprint density at radius 3 is 2.61 bits per heavy atom. The van der Waals surface area contributed by atoms with Crippen LogP contribution in [0.2, 0.25) is 0 Å². The predicted molar refractivity (Wildman–Crippen MR) is 79.1 cm³/mol. The minimum Gasteiger partial charge on any atom is -0.467 e. The summed E-state index contributed by atoms with van der Waals surface area (Å²) in [7, 11) is 2.89. The number of rotatable bonds is 2. The third-order valence-corrected chi connectivity index (χ3v) is 4.28. The molecule has 0 aromatic heterocycles. The lowest BCUT2D eigenvalue weighted by molar-refractivity contribution is -0.164. The van der Waals surface area contributed by atoms with E-state index in [1.807, 2.05) is 0 Å². The third kappa shape index (κ3) is 3.08. The number of ether oxygens (including phenoxy) is 1. The summed E-state index contributed by atoms with van der Waals surface area (Å²) in [6, 6.07) is -1.86. The van der Waals surface area contributed by atoms with E-state index < -0.39 is 30.2 Å². The van der Waals surface area contributed by atoms with Gasteiger partial charge < -0.3 is 24.8 Å². The summed E-state index contributed by atoms with van der Waals surface area (Å²) in [5, 5.41) is 2.56. The summed E-state index contributed by atoms with van der Waals surface area (Å²) in [6.07, 6.45) is -0.378. The molecule has 2 aliphatic heterocycles. The molecule has 4 amide bonds. The van der Waals surface area contributed by atoms with Gasteiger partial charge in [0.15, 0.2) is 0 Å². The summed E-state index contributed by atoms with van der Waals surface area (Å²) in [4.78, 5) is 52.6. The maximum atomic E-state index is 12.5. The van der Waals surface area contributed by atoms with Gasteiger partial charge in [-0.25, -0.2) is 9.59 Å². The highest BCUT2D eigenvalue weighted by molar-refractivity contribution is 5.91. The van der Waals surface area contributed by atoms with Crippen molar-refractivity contribution in [3.05, 3.63) is 0 Å². The Labute approximate surface area is 134 Å². The number of hydrogen-bond acceptors (Lipinski definition) is 5. The minimum atomic E-state index is -0.793. The van der Waals surface area contributed by atoms with Gasteiger partial charge >= 0.3 is 12.0 Å². The van der Waals surface area contributed by atoms with Crippen LogP contribution in [0.4, 0.5) is 4.79 Å². The molecule has 2 saturated heterocycles. The zero-order chi connectivity index (χ0) is 17.3. The van der Waals surface area contributed by atoms with Crippen LogP contribution in [-0.2, 0) is 19.1 Å². The van der Waals surface area contributed by atoms with Gasteiger partial charge in [0.25, 0.3) is 0 Å². The van der Waals surface area contributed by atoms with Gasteiger partial charge in [0, 0.05) is 20.0 Å². The molecular formula is C14H22N4O5. The van der Waals surface area contributed by atoms with Crippen LogP contribution < -0.4 is 5.32 Å². The number of nitrogens with zero attached hydrogens (tertiary/aromatic N) is 3. The standard InChI is InChI=1S/C14H22N4O5/c1-8(13(21)23-4)15-14(22)17-6-5-11(19)18-9(2)12(20)16(3)7-10(17)18/h8-10H,5-7H2,1-4H3,(H,15,22)/t8-,9-,10-/m0/s1. The Hall–Kier alpha value is -2.32. The van der Waals surface area contributed by atoms with Gasteiger partial charge in [-0.15, -0.1) is 0 Å². The van der Waals surface area contributed by atoms with E-state index in [0.29, 0.717) is 0 Å². The summed E-state index contributed by atoms with van der Waals surface area (Å²) < 4.78 is 4.58. The molecule has 2 heterocycles. The largest absolute Gasteiger partial charge is 0.467 e. The zero-order valence-corrected chi connectivity index (χ0v) is 13.7. The molecule has 0 bridgehead atoms. The lowest BCUT2D eigenvalue weighted by Crippen LogP contribution is -2.71. The Bertz CT molecular complexity index is 537. The molecule has 128 valence electrons. The van der Waals surface area contributed by atoms with Crippen LogP contribution in [0.1, 0.15) is 20.3 Å². The average Bonchev–Trinajstić information content (AvgIpc) is 2.51. The Morgan fingerprint density at radius 1 is 1.35 bits per heavy atom. The highest BCUT2D eigenvalue weighted by atomic mass is 16.5. The van der Waals surface area contributed by atoms with Gasteiger partial charge in [-0.05, 0) is 13.8 Å². The quantitative estimate of drug-likeness (QED) is 0.655. The number of carbonyl (C=O) groups excluding carboxylic acids is 4. The van der Waals surface area contributed by atoms with Gasteiger partial charge in [0.1, 0.15) is 18.2 Å².